The zero-order valence-electron chi connectivity index (χ0n) is 8.21. The molecule has 0 aliphatic heterocycles. The molecule has 16 heavy (non-hydrogen) atoms. The smallest absolute Gasteiger partial charge is 0.193 e. The molecule has 0 aliphatic carbocycles. The average Bonchev–Trinajstić information content (AvgIpc) is 2.33. The Balaban J connectivity index is 2.39. The first-order valence-corrected chi connectivity index (χ1v) is 5.40. The average molecular weight is 250 g/mol. The van der Waals surface area contributed by atoms with Crippen molar-refractivity contribution >= 4 is 29.0 Å². The van der Waals surface area contributed by atoms with Gasteiger partial charge in [-0.2, -0.15) is 0 Å². The van der Waals surface area contributed by atoms with Crippen LogP contribution < -0.4 is 0 Å². The SMILES string of the molecule is O=C(c1c[c]ccc1)c1ccc(Cl)c(Cl)c1. The normalized spacial score (nSPS) is 10.1. The summed E-state index contributed by atoms with van der Waals surface area (Å²) in [6.45, 7) is 0. The molecular formula is C13H7Cl2O. The predicted octanol–water partition coefficient (Wildman–Crippen LogP) is 4.02. The van der Waals surface area contributed by atoms with Crippen molar-refractivity contribution in [3.05, 3.63) is 69.7 Å². The second-order valence-corrected chi connectivity index (χ2v) is 4.06. The van der Waals surface area contributed by atoms with E-state index in [0.717, 1.165) is 0 Å². The Hall–Kier alpha value is -1.31. The van der Waals surface area contributed by atoms with Gasteiger partial charge in [-0.1, -0.05) is 41.4 Å². The molecule has 3 heteroatoms. The standard InChI is InChI=1S/C13H7Cl2O/c14-11-7-6-10(8-12(11)15)13(16)9-4-2-1-3-5-9/h1-2,4-8H. The molecule has 2 rings (SSSR count). The molecule has 0 atom stereocenters. The summed E-state index contributed by atoms with van der Waals surface area (Å²) < 4.78 is 0. The maximum absolute atomic E-state index is 12.0. The summed E-state index contributed by atoms with van der Waals surface area (Å²) in [5.74, 6) is -0.0876. The van der Waals surface area contributed by atoms with Crippen molar-refractivity contribution in [1.29, 1.82) is 0 Å². The molecule has 0 saturated heterocycles. The molecule has 0 saturated carbocycles. The number of hydrogen-bond acceptors (Lipinski definition) is 1. The topological polar surface area (TPSA) is 17.1 Å². The lowest BCUT2D eigenvalue weighted by atomic mass is 10.0. The molecule has 2 aromatic carbocycles. The molecule has 0 N–H and O–H groups in total. The summed E-state index contributed by atoms with van der Waals surface area (Å²) in [7, 11) is 0. The summed E-state index contributed by atoms with van der Waals surface area (Å²) in [6, 6.07) is 14.6. The molecule has 0 amide bonds. The van der Waals surface area contributed by atoms with E-state index in [-0.39, 0.29) is 5.78 Å². The van der Waals surface area contributed by atoms with Crippen LogP contribution in [0.5, 0.6) is 0 Å². The van der Waals surface area contributed by atoms with E-state index in [4.69, 9.17) is 23.2 Å². The second-order valence-electron chi connectivity index (χ2n) is 3.25. The zero-order valence-corrected chi connectivity index (χ0v) is 9.72. The van der Waals surface area contributed by atoms with Gasteiger partial charge in [0.15, 0.2) is 5.78 Å². The van der Waals surface area contributed by atoms with Crippen LogP contribution in [0.1, 0.15) is 15.9 Å². The lowest BCUT2D eigenvalue weighted by Gasteiger charge is -2.02. The van der Waals surface area contributed by atoms with Crippen LogP contribution in [-0.2, 0) is 0 Å². The van der Waals surface area contributed by atoms with Crippen LogP contribution in [0.4, 0.5) is 0 Å². The van der Waals surface area contributed by atoms with Crippen molar-refractivity contribution in [3.8, 4) is 0 Å². The molecule has 0 heterocycles. The molecule has 1 radical (unpaired) electrons. The van der Waals surface area contributed by atoms with E-state index in [2.05, 4.69) is 6.07 Å². The number of ketones is 1. The molecule has 0 aliphatic rings. The van der Waals surface area contributed by atoms with Crippen LogP contribution in [0.15, 0.2) is 42.5 Å². The van der Waals surface area contributed by atoms with Crippen molar-refractivity contribution < 1.29 is 4.79 Å². The third-order valence-electron chi connectivity index (χ3n) is 2.15. The molecule has 0 unspecified atom stereocenters. The van der Waals surface area contributed by atoms with Gasteiger partial charge in [-0.15, -0.1) is 0 Å². The number of carbonyl (C=O) groups is 1. The van der Waals surface area contributed by atoms with Crippen molar-refractivity contribution in [3.63, 3.8) is 0 Å². The minimum Gasteiger partial charge on any atom is -0.289 e. The van der Waals surface area contributed by atoms with Crippen LogP contribution in [0.3, 0.4) is 0 Å². The Morgan fingerprint density at radius 3 is 2.50 bits per heavy atom. The Kier molecular flexibility index (Phi) is 3.28. The van der Waals surface area contributed by atoms with Crippen LogP contribution in [0.2, 0.25) is 10.0 Å². The van der Waals surface area contributed by atoms with Gasteiger partial charge in [0, 0.05) is 11.1 Å². The highest BCUT2D eigenvalue weighted by Crippen LogP contribution is 2.23. The lowest BCUT2D eigenvalue weighted by molar-refractivity contribution is 0.103. The molecule has 1 nitrogen and oxygen atoms in total. The fourth-order valence-electron chi connectivity index (χ4n) is 1.34. The Morgan fingerprint density at radius 2 is 1.88 bits per heavy atom. The first kappa shape index (κ1) is 11.2. The second kappa shape index (κ2) is 4.69. The lowest BCUT2D eigenvalue weighted by Crippen LogP contribution is -2.00. The summed E-state index contributed by atoms with van der Waals surface area (Å²) in [6.07, 6.45) is 0. The molecule has 0 aromatic heterocycles. The molecule has 0 spiro atoms. The summed E-state index contributed by atoms with van der Waals surface area (Å²) >= 11 is 11.6. The molecule has 0 bridgehead atoms. The van der Waals surface area contributed by atoms with E-state index in [1.165, 1.54) is 0 Å². The van der Waals surface area contributed by atoms with Crippen molar-refractivity contribution in [1.82, 2.24) is 0 Å². The van der Waals surface area contributed by atoms with E-state index in [1.807, 2.05) is 0 Å². The highest BCUT2D eigenvalue weighted by atomic mass is 35.5. The maximum Gasteiger partial charge on any atom is 0.193 e. The number of benzene rings is 2. The first-order valence-electron chi connectivity index (χ1n) is 4.64. The monoisotopic (exact) mass is 249 g/mol. The highest BCUT2D eigenvalue weighted by Gasteiger charge is 2.09. The third kappa shape index (κ3) is 2.26. The van der Waals surface area contributed by atoms with Gasteiger partial charge >= 0.3 is 0 Å². The highest BCUT2D eigenvalue weighted by molar-refractivity contribution is 6.42. The van der Waals surface area contributed by atoms with E-state index >= 15 is 0 Å². The van der Waals surface area contributed by atoms with Crippen molar-refractivity contribution in [2.24, 2.45) is 0 Å². The maximum atomic E-state index is 12.0. The van der Waals surface area contributed by atoms with Crippen LogP contribution in [-0.4, -0.2) is 5.78 Å². The predicted molar refractivity (Wildman–Crippen MR) is 65.2 cm³/mol. The van der Waals surface area contributed by atoms with E-state index < -0.39 is 0 Å². The van der Waals surface area contributed by atoms with Gasteiger partial charge in [0.2, 0.25) is 0 Å². The fourth-order valence-corrected chi connectivity index (χ4v) is 1.64. The first-order chi connectivity index (χ1) is 7.68. The number of carbonyl (C=O) groups excluding carboxylic acids is 1. The van der Waals surface area contributed by atoms with E-state index in [1.54, 1.807) is 42.5 Å². The minimum absolute atomic E-state index is 0.0876. The van der Waals surface area contributed by atoms with Crippen molar-refractivity contribution in [2.75, 3.05) is 0 Å². The van der Waals surface area contributed by atoms with Gasteiger partial charge < -0.3 is 0 Å². The van der Waals surface area contributed by atoms with Crippen LogP contribution in [0.25, 0.3) is 0 Å². The Labute approximate surface area is 104 Å². The Bertz CT molecular complexity index is 521. The number of rotatable bonds is 2. The minimum atomic E-state index is -0.0876. The zero-order chi connectivity index (χ0) is 11.5. The van der Waals surface area contributed by atoms with Gasteiger partial charge in [-0.3, -0.25) is 4.79 Å². The van der Waals surface area contributed by atoms with Crippen LogP contribution >= 0.6 is 23.2 Å². The van der Waals surface area contributed by atoms with Gasteiger partial charge in [-0.25, -0.2) is 0 Å². The number of hydrogen-bond donors (Lipinski definition) is 0. The van der Waals surface area contributed by atoms with Gasteiger partial charge in [0.05, 0.1) is 10.0 Å². The molecule has 2 aromatic rings. The van der Waals surface area contributed by atoms with Gasteiger partial charge in [0.1, 0.15) is 0 Å². The van der Waals surface area contributed by atoms with E-state index in [9.17, 15) is 4.79 Å². The third-order valence-corrected chi connectivity index (χ3v) is 2.89. The van der Waals surface area contributed by atoms with Crippen LogP contribution in [0, 0.1) is 6.07 Å². The summed E-state index contributed by atoms with van der Waals surface area (Å²) in [4.78, 5) is 12.0. The number of halogens is 2. The largest absolute Gasteiger partial charge is 0.289 e. The van der Waals surface area contributed by atoms with Gasteiger partial charge in [0.25, 0.3) is 0 Å². The van der Waals surface area contributed by atoms with Gasteiger partial charge in [-0.05, 0) is 30.3 Å². The quantitative estimate of drug-likeness (QED) is 0.735. The summed E-state index contributed by atoms with van der Waals surface area (Å²) in [5, 5.41) is 0.824. The molecule has 0 fully saturated rings. The fraction of sp³-hybridized carbons (Fsp3) is 0. The Morgan fingerprint density at radius 1 is 1.06 bits per heavy atom. The summed E-state index contributed by atoms with van der Waals surface area (Å²) in [5.41, 5.74) is 1.11. The molecular weight excluding hydrogens is 243 g/mol. The van der Waals surface area contributed by atoms with E-state index in [0.29, 0.717) is 21.2 Å². The van der Waals surface area contributed by atoms with Crippen molar-refractivity contribution in [2.45, 2.75) is 0 Å². The molecule has 79 valence electrons.